The Balaban J connectivity index is 0.698. The molecule has 0 atom stereocenters. The van der Waals surface area contributed by atoms with Gasteiger partial charge in [0.25, 0.3) is 0 Å². The van der Waals surface area contributed by atoms with E-state index in [0.29, 0.717) is 141 Å². The number of aryl methyl sites for hydroxylation is 1. The first-order valence-electron chi connectivity index (χ1n) is 19.2. The Morgan fingerprint density at radius 1 is 0.667 bits per heavy atom. The van der Waals surface area contributed by atoms with Crippen molar-refractivity contribution in [1.29, 1.82) is 0 Å². The van der Waals surface area contributed by atoms with Gasteiger partial charge >= 0.3 is 5.97 Å². The van der Waals surface area contributed by atoms with Crippen molar-refractivity contribution in [1.82, 2.24) is 25.7 Å². The summed E-state index contributed by atoms with van der Waals surface area (Å²) in [5, 5.41) is 42.7. The van der Waals surface area contributed by atoms with E-state index in [1.807, 2.05) is 24.3 Å². The van der Waals surface area contributed by atoms with E-state index in [2.05, 4.69) is 31.0 Å². The summed E-state index contributed by atoms with van der Waals surface area (Å²) in [6, 6.07) is 21.9. The lowest BCUT2D eigenvalue weighted by atomic mass is 9.77. The Kier molecular flexibility index (Phi) is 14.2. The fourth-order valence-electron chi connectivity index (χ4n) is 6.49. The number of fused-ring (bicyclic) bond motifs is 6. The highest BCUT2D eigenvalue weighted by atomic mass is 32.1. The van der Waals surface area contributed by atoms with Gasteiger partial charge in [-0.3, -0.25) is 0 Å². The van der Waals surface area contributed by atoms with Gasteiger partial charge in [0.2, 0.25) is 5.82 Å². The first-order valence-corrected chi connectivity index (χ1v) is 19.6. The van der Waals surface area contributed by atoms with Gasteiger partial charge in [0, 0.05) is 46.6 Å². The van der Waals surface area contributed by atoms with Crippen LogP contribution in [0.2, 0.25) is 0 Å². The summed E-state index contributed by atoms with van der Waals surface area (Å²) >= 11 is 5.47. The Morgan fingerprint density at radius 3 is 1.78 bits per heavy atom. The van der Waals surface area contributed by atoms with Gasteiger partial charge in [-0.2, -0.15) is 0 Å². The van der Waals surface area contributed by atoms with Gasteiger partial charge in [-0.1, -0.05) is 6.07 Å². The molecular formula is C42H44N6O11S. The Labute approximate surface area is 350 Å². The summed E-state index contributed by atoms with van der Waals surface area (Å²) in [6.45, 7) is 6.94. The standard InChI is InChI=1S/C42H44N6O11S/c1-27-45-47-39(48-46-27)28-2-7-32(8-3-28)57-23-22-56-21-20-55-19-18-54-17-16-53-15-14-52-13-12-43-41(60)44-29-4-9-34-33(24-29)40(51)59-42(34)35-10-5-30(49)25-37(35)58-38-26-31(50)6-11-36(38)42/h2-11,24-26,49-50H,12-23H2,1H3,(H2,43,44,60). The van der Waals surface area contributed by atoms with Gasteiger partial charge in [-0.25, -0.2) is 4.79 Å². The third-order valence-corrected chi connectivity index (χ3v) is 9.49. The fraction of sp³-hybridized carbons (Fsp3) is 0.333. The molecule has 2 aliphatic rings. The number of benzene rings is 4. The number of rotatable bonds is 21. The highest BCUT2D eigenvalue weighted by molar-refractivity contribution is 7.80. The molecule has 0 radical (unpaired) electrons. The molecule has 18 heteroatoms. The second-order valence-electron chi connectivity index (χ2n) is 13.4. The van der Waals surface area contributed by atoms with Crippen LogP contribution in [0.15, 0.2) is 78.9 Å². The van der Waals surface area contributed by atoms with Crippen LogP contribution < -0.4 is 20.1 Å². The van der Waals surface area contributed by atoms with Gasteiger partial charge in [-0.15, -0.1) is 20.4 Å². The van der Waals surface area contributed by atoms with Gasteiger partial charge in [0.15, 0.2) is 16.5 Å². The number of esters is 1. The fourth-order valence-corrected chi connectivity index (χ4v) is 6.71. The molecule has 4 N–H and O–H groups in total. The molecule has 0 saturated heterocycles. The predicted molar refractivity (Wildman–Crippen MR) is 220 cm³/mol. The quantitative estimate of drug-likeness (QED) is 0.0450. The van der Waals surface area contributed by atoms with Gasteiger partial charge in [0.1, 0.15) is 35.4 Å². The van der Waals surface area contributed by atoms with Crippen molar-refractivity contribution in [3.05, 3.63) is 107 Å². The number of nitrogens with zero attached hydrogens (tertiary/aromatic N) is 4. The molecule has 5 aromatic rings. The first-order chi connectivity index (χ1) is 29.3. The lowest BCUT2D eigenvalue weighted by Crippen LogP contribution is -2.33. The van der Waals surface area contributed by atoms with Crippen LogP contribution in [0.1, 0.15) is 32.9 Å². The van der Waals surface area contributed by atoms with Crippen LogP contribution >= 0.6 is 12.2 Å². The van der Waals surface area contributed by atoms with Crippen molar-refractivity contribution in [3.8, 4) is 40.1 Å². The van der Waals surface area contributed by atoms with Crippen molar-refractivity contribution in [2.75, 3.05) is 84.5 Å². The molecule has 0 bridgehead atoms. The number of aromatic hydroxyl groups is 2. The van der Waals surface area contributed by atoms with Crippen LogP contribution in [0, 0.1) is 6.92 Å². The van der Waals surface area contributed by atoms with E-state index in [1.165, 1.54) is 24.3 Å². The molecule has 17 nitrogen and oxygen atoms in total. The number of hydrogen-bond donors (Lipinski definition) is 4. The number of anilines is 1. The van der Waals surface area contributed by atoms with Crippen LogP contribution in [0.5, 0.6) is 28.7 Å². The monoisotopic (exact) mass is 840 g/mol. The normalized spacial score (nSPS) is 13.2. The molecule has 314 valence electrons. The third kappa shape index (κ3) is 10.4. The number of ether oxygens (including phenoxy) is 8. The molecule has 0 unspecified atom stereocenters. The van der Waals surface area contributed by atoms with Gasteiger partial charge < -0.3 is 58.7 Å². The van der Waals surface area contributed by atoms with E-state index in [9.17, 15) is 15.0 Å². The number of thiocarbonyl (C=S) groups is 1. The second kappa shape index (κ2) is 20.3. The number of phenolic OH excluding ortho intramolecular Hbond substituents is 2. The van der Waals surface area contributed by atoms with Gasteiger partial charge in [-0.05, 0) is 79.8 Å². The molecule has 7 rings (SSSR count). The Hall–Kier alpha value is -6.02. The van der Waals surface area contributed by atoms with Crippen molar-refractivity contribution >= 4 is 29.0 Å². The average Bonchev–Trinajstić information content (AvgIpc) is 3.52. The lowest BCUT2D eigenvalue weighted by molar-refractivity contribution is -0.0123. The smallest absolute Gasteiger partial charge is 0.340 e. The molecule has 3 heterocycles. The highest BCUT2D eigenvalue weighted by Gasteiger charge is 2.53. The summed E-state index contributed by atoms with van der Waals surface area (Å²) in [5.74, 6) is 1.76. The molecule has 0 fully saturated rings. The molecular weight excluding hydrogens is 797 g/mol. The van der Waals surface area contributed by atoms with Crippen molar-refractivity contribution in [2.45, 2.75) is 12.5 Å². The minimum atomic E-state index is -1.33. The SMILES string of the molecule is Cc1nnc(-c2ccc(OCCOCCOCCOCCOCCOCCNC(=S)Nc3ccc4c(c3)C(=O)OC43c4ccc(O)cc4Oc4cc(O)ccc43)cc2)nn1. The number of phenols is 2. The summed E-state index contributed by atoms with van der Waals surface area (Å²) in [7, 11) is 0. The molecule has 1 spiro atoms. The molecule has 0 aliphatic carbocycles. The number of aromatic nitrogens is 4. The minimum Gasteiger partial charge on any atom is -0.508 e. The predicted octanol–water partition coefficient (Wildman–Crippen LogP) is 4.67. The van der Waals surface area contributed by atoms with Crippen LogP contribution in [0.3, 0.4) is 0 Å². The summed E-state index contributed by atoms with van der Waals surface area (Å²) in [5.41, 5.74) is 2.10. The second-order valence-corrected chi connectivity index (χ2v) is 13.8. The topological polar surface area (TPSA) is 207 Å². The number of nitrogens with one attached hydrogen (secondary N) is 2. The van der Waals surface area contributed by atoms with E-state index in [-0.39, 0.29) is 11.5 Å². The lowest BCUT2D eigenvalue weighted by Gasteiger charge is -2.36. The van der Waals surface area contributed by atoms with Crippen LogP contribution in [0.25, 0.3) is 11.4 Å². The van der Waals surface area contributed by atoms with Crippen LogP contribution in [0.4, 0.5) is 5.69 Å². The van der Waals surface area contributed by atoms with E-state index < -0.39 is 11.6 Å². The number of carbonyl (C=O) groups is 1. The van der Waals surface area contributed by atoms with E-state index >= 15 is 0 Å². The van der Waals surface area contributed by atoms with E-state index in [4.69, 9.17) is 50.1 Å². The zero-order valence-electron chi connectivity index (χ0n) is 32.8. The molecule has 0 saturated carbocycles. The van der Waals surface area contributed by atoms with Crippen LogP contribution in [-0.4, -0.2) is 121 Å². The van der Waals surface area contributed by atoms with Crippen molar-refractivity contribution in [3.63, 3.8) is 0 Å². The minimum absolute atomic E-state index is 0.0124. The van der Waals surface area contributed by atoms with Crippen LogP contribution in [-0.2, 0) is 34.0 Å². The molecule has 4 aromatic carbocycles. The maximum absolute atomic E-state index is 13.4. The van der Waals surface area contributed by atoms with Crippen molar-refractivity contribution < 1.29 is 52.9 Å². The zero-order chi connectivity index (χ0) is 41.7. The largest absolute Gasteiger partial charge is 0.508 e. The van der Waals surface area contributed by atoms with E-state index in [1.54, 1.807) is 37.3 Å². The molecule has 1 aromatic heterocycles. The Morgan fingerprint density at radius 2 is 1.20 bits per heavy atom. The third-order valence-electron chi connectivity index (χ3n) is 9.24. The van der Waals surface area contributed by atoms with Crippen molar-refractivity contribution in [2.24, 2.45) is 0 Å². The molecule has 2 aliphatic heterocycles. The summed E-state index contributed by atoms with van der Waals surface area (Å²) in [6.07, 6.45) is 0. The molecule has 60 heavy (non-hydrogen) atoms. The van der Waals surface area contributed by atoms with Gasteiger partial charge in [0.05, 0.1) is 71.6 Å². The first kappa shape index (κ1) is 42.1. The average molecular weight is 841 g/mol. The Bertz CT molecular complexity index is 2200. The summed E-state index contributed by atoms with van der Waals surface area (Å²) in [4.78, 5) is 13.4. The molecule has 0 amide bonds. The number of carbonyl (C=O) groups excluding carboxylic acids is 1. The summed E-state index contributed by atoms with van der Waals surface area (Å²) < 4.78 is 45.7. The van der Waals surface area contributed by atoms with E-state index in [0.717, 1.165) is 5.56 Å². The highest BCUT2D eigenvalue weighted by Crippen LogP contribution is 2.57. The zero-order valence-corrected chi connectivity index (χ0v) is 33.6. The maximum Gasteiger partial charge on any atom is 0.340 e. The number of hydrogen-bond acceptors (Lipinski definition) is 16. The maximum atomic E-state index is 13.4.